The van der Waals surface area contributed by atoms with Crippen LogP contribution in [0.4, 0.5) is 0 Å². The van der Waals surface area contributed by atoms with Gasteiger partial charge in [0.05, 0.1) is 19.6 Å². The molecule has 3 aromatic rings. The molecular weight excluding hydrogens is 492 g/mol. The van der Waals surface area contributed by atoms with Crippen molar-refractivity contribution >= 4 is 16.7 Å². The largest absolute Gasteiger partial charge is 0.487 e. The summed E-state index contributed by atoms with van der Waals surface area (Å²) < 4.78 is 37.1. The molecule has 4 rings (SSSR count). The molecule has 2 N–H and O–H groups in total. The number of hydrogen-bond acceptors (Lipinski definition) is 7. The van der Waals surface area contributed by atoms with Gasteiger partial charge in [-0.1, -0.05) is 36.4 Å². The lowest BCUT2D eigenvalue weighted by Gasteiger charge is -2.42. The number of para-hydroxylation sites is 1. The van der Waals surface area contributed by atoms with Crippen LogP contribution in [0, 0.1) is 6.92 Å². The summed E-state index contributed by atoms with van der Waals surface area (Å²) in [6.07, 6.45) is -0.182. The number of esters is 1. The number of carbonyl (C=O) groups excluding carboxylic acids is 1. The highest BCUT2D eigenvalue weighted by Gasteiger charge is 2.34. The van der Waals surface area contributed by atoms with E-state index in [4.69, 9.17) is 9.47 Å². The zero-order valence-corrected chi connectivity index (χ0v) is 22.4. The van der Waals surface area contributed by atoms with E-state index in [2.05, 4.69) is 0 Å². The highest BCUT2D eigenvalue weighted by Crippen LogP contribution is 2.57. The van der Waals surface area contributed by atoms with Gasteiger partial charge in [-0.25, -0.2) is 0 Å². The van der Waals surface area contributed by atoms with E-state index >= 15 is 0 Å². The third-order valence-electron chi connectivity index (χ3n) is 6.67. The number of benzene rings is 2. The third-order valence-corrected chi connectivity index (χ3v) is 8.60. The molecule has 9 heteroatoms. The number of ether oxygens (including phenoxy) is 2. The predicted molar refractivity (Wildman–Crippen MR) is 144 cm³/mol. The number of nitrogens with zero attached hydrogens (tertiary/aromatic N) is 2. The number of carbonyl (C=O) groups is 1. The molecule has 0 amide bonds. The molecule has 37 heavy (non-hydrogen) atoms. The van der Waals surface area contributed by atoms with E-state index < -0.39 is 16.7 Å². The fourth-order valence-electron chi connectivity index (χ4n) is 4.69. The van der Waals surface area contributed by atoms with Gasteiger partial charge in [0.1, 0.15) is 16.7 Å². The van der Waals surface area contributed by atoms with Crippen LogP contribution in [0.15, 0.2) is 70.4 Å². The zero-order chi connectivity index (χ0) is 26.7. The first-order valence-corrected chi connectivity index (χ1v) is 13.8. The molecule has 0 bridgehead atoms. The lowest BCUT2D eigenvalue weighted by atomic mass is 9.89. The summed E-state index contributed by atoms with van der Waals surface area (Å²) in [5.41, 5.74) is 3.24. The number of rotatable bonds is 7. The first-order chi connectivity index (χ1) is 17.6. The van der Waals surface area contributed by atoms with Gasteiger partial charge in [-0.05, 0) is 55.7 Å². The Kier molecular flexibility index (Phi) is 8.08. The summed E-state index contributed by atoms with van der Waals surface area (Å²) >= 11 is 0. The van der Waals surface area contributed by atoms with E-state index in [0.717, 1.165) is 16.7 Å². The molecule has 1 aliphatic heterocycles. The van der Waals surface area contributed by atoms with E-state index in [0.29, 0.717) is 22.9 Å². The van der Waals surface area contributed by atoms with Crippen molar-refractivity contribution in [2.45, 2.75) is 50.7 Å². The van der Waals surface area contributed by atoms with E-state index in [1.807, 2.05) is 44.2 Å². The lowest BCUT2D eigenvalue weighted by Crippen LogP contribution is -2.33. The van der Waals surface area contributed by atoms with Crippen molar-refractivity contribution in [3.05, 3.63) is 93.4 Å². The van der Waals surface area contributed by atoms with Crippen LogP contribution in [0.3, 0.4) is 0 Å². The fourth-order valence-corrected chi connectivity index (χ4v) is 6.35. The average Bonchev–Trinajstić information content (AvgIpc) is 2.94. The van der Waals surface area contributed by atoms with E-state index in [1.54, 1.807) is 47.1 Å². The minimum atomic E-state index is -3.30. The van der Waals surface area contributed by atoms with Crippen molar-refractivity contribution in [3.8, 4) is 5.75 Å². The molecule has 0 saturated heterocycles. The second-order valence-electron chi connectivity index (χ2n) is 9.31. The number of aryl methyl sites for hydroxylation is 1. The maximum Gasteiger partial charge on any atom is 0.306 e. The van der Waals surface area contributed by atoms with Crippen LogP contribution in [0.1, 0.15) is 48.6 Å². The van der Waals surface area contributed by atoms with Gasteiger partial charge in [0, 0.05) is 31.3 Å². The fraction of sp³-hybridized carbons (Fsp3) is 0.357. The monoisotopic (exact) mass is 526 g/mol. The zero-order valence-electron chi connectivity index (χ0n) is 21.6. The second-order valence-corrected chi connectivity index (χ2v) is 11.3. The first-order valence-electron chi connectivity index (χ1n) is 12.3. The van der Waals surface area contributed by atoms with Crippen LogP contribution in [-0.4, -0.2) is 43.2 Å². The van der Waals surface area contributed by atoms with Crippen molar-refractivity contribution in [3.63, 3.8) is 0 Å². The molecule has 0 spiro atoms. The maximum atomic E-state index is 12.5. The van der Waals surface area contributed by atoms with Gasteiger partial charge in [0.15, 0.2) is 0 Å². The molecule has 198 valence electrons. The predicted octanol–water partition coefficient (Wildman–Crippen LogP) is 5.09. The standard InChI is InChI=1S/C28H34N2O6S/c1-5-35-28(32)16-23(24-9-8-12-27(31)29(24)4)21-14-13-19(2)22(15-21)18-30-17-20(3)36-25-10-6-7-11-26(25)37(30,33)34/h6-15,20,23,33-34H,5,16-18H2,1-4H3/t20-,23?/m1/s1. The normalized spacial score (nSPS) is 18.7. The number of hydrogen-bond donors (Lipinski definition) is 2. The van der Waals surface area contributed by atoms with E-state index in [9.17, 15) is 18.7 Å². The summed E-state index contributed by atoms with van der Waals surface area (Å²) in [7, 11) is -1.61. The quantitative estimate of drug-likeness (QED) is 0.414. The van der Waals surface area contributed by atoms with Crippen molar-refractivity contribution < 1.29 is 23.4 Å². The molecule has 0 radical (unpaired) electrons. The molecule has 0 fully saturated rings. The average molecular weight is 527 g/mol. The smallest absolute Gasteiger partial charge is 0.306 e. The van der Waals surface area contributed by atoms with Gasteiger partial charge < -0.3 is 14.0 Å². The molecule has 1 unspecified atom stereocenters. The van der Waals surface area contributed by atoms with Crippen molar-refractivity contribution in [2.24, 2.45) is 7.05 Å². The molecule has 2 atom stereocenters. The van der Waals surface area contributed by atoms with E-state index in [-0.39, 0.29) is 37.2 Å². The van der Waals surface area contributed by atoms with Crippen LogP contribution in [0.5, 0.6) is 5.75 Å². The van der Waals surface area contributed by atoms with Crippen molar-refractivity contribution in [1.82, 2.24) is 8.87 Å². The van der Waals surface area contributed by atoms with Gasteiger partial charge in [-0.15, -0.1) is 10.8 Å². The van der Waals surface area contributed by atoms with Crippen LogP contribution in [0.25, 0.3) is 0 Å². The summed E-state index contributed by atoms with van der Waals surface area (Å²) in [5, 5.41) is 0. The number of pyridine rings is 1. The molecule has 0 aliphatic carbocycles. The molecule has 0 saturated carbocycles. The topological polar surface area (TPSA) is 101 Å². The summed E-state index contributed by atoms with van der Waals surface area (Å²) in [4.78, 5) is 25.3. The van der Waals surface area contributed by atoms with Gasteiger partial charge in [0.2, 0.25) is 5.56 Å². The Morgan fingerprint density at radius 3 is 2.68 bits per heavy atom. The lowest BCUT2D eigenvalue weighted by molar-refractivity contribution is -0.143. The molecule has 1 aromatic heterocycles. The highest BCUT2D eigenvalue weighted by atomic mass is 32.3. The number of aromatic nitrogens is 1. The van der Waals surface area contributed by atoms with Gasteiger partial charge >= 0.3 is 5.97 Å². The molecule has 1 aliphatic rings. The Balaban J connectivity index is 1.73. The van der Waals surface area contributed by atoms with Crippen molar-refractivity contribution in [1.29, 1.82) is 0 Å². The van der Waals surface area contributed by atoms with Crippen molar-refractivity contribution in [2.75, 3.05) is 13.2 Å². The van der Waals surface area contributed by atoms with Gasteiger partial charge in [-0.2, -0.15) is 4.31 Å². The van der Waals surface area contributed by atoms with Gasteiger partial charge in [-0.3, -0.25) is 18.7 Å². The third kappa shape index (κ3) is 5.75. The number of fused-ring (bicyclic) bond motifs is 1. The van der Waals surface area contributed by atoms with Crippen LogP contribution < -0.4 is 10.3 Å². The molecular formula is C28H34N2O6S. The summed E-state index contributed by atoms with van der Waals surface area (Å²) in [6, 6.07) is 17.9. The Morgan fingerprint density at radius 1 is 1.16 bits per heavy atom. The molecule has 2 aromatic carbocycles. The Morgan fingerprint density at radius 2 is 1.92 bits per heavy atom. The Bertz CT molecular complexity index is 1340. The molecule has 8 nitrogen and oxygen atoms in total. The Hall–Kier alpha value is -3.11. The second kappa shape index (κ2) is 11.1. The van der Waals surface area contributed by atoms with Gasteiger partial charge in [0.25, 0.3) is 0 Å². The molecule has 2 heterocycles. The minimum absolute atomic E-state index is 0.0742. The maximum absolute atomic E-state index is 12.5. The van der Waals surface area contributed by atoms with Crippen LogP contribution in [-0.2, 0) is 23.1 Å². The summed E-state index contributed by atoms with van der Waals surface area (Å²) in [6.45, 7) is 6.49. The first kappa shape index (κ1) is 26.9. The SMILES string of the molecule is CCOC(=O)CC(c1ccc(C)c(CN2C[C@@H](C)Oc3ccccc3S2(O)O)c1)c1cccc(=O)n1C. The summed E-state index contributed by atoms with van der Waals surface area (Å²) in [5.74, 6) is -0.289. The minimum Gasteiger partial charge on any atom is -0.487 e. The van der Waals surface area contributed by atoms with Crippen LogP contribution >= 0.6 is 10.8 Å². The highest BCUT2D eigenvalue weighted by molar-refractivity contribution is 8.22. The van der Waals surface area contributed by atoms with E-state index in [1.165, 1.54) is 6.07 Å². The Labute approximate surface area is 218 Å². The van der Waals surface area contributed by atoms with Crippen LogP contribution in [0.2, 0.25) is 0 Å².